The third-order valence-corrected chi connectivity index (χ3v) is 4.80. The van der Waals surface area contributed by atoms with Crippen LogP contribution in [0.2, 0.25) is 0 Å². The summed E-state index contributed by atoms with van der Waals surface area (Å²) >= 11 is 0. The standard InChI is InChI=1S/C21H29N3O4/c1-6-14(3)22-20(25)18-13-28-19(23-18)12-24(15(4)7-2)21(26)16-8-10-17(27-5)11-9-16/h8-11,13-15H,6-7,12H2,1-5H3,(H,22,25). The topological polar surface area (TPSA) is 84.7 Å². The number of carbonyl (C=O) groups excluding carboxylic acids is 2. The number of carbonyl (C=O) groups is 2. The molecule has 28 heavy (non-hydrogen) atoms. The van der Waals surface area contributed by atoms with Crippen molar-refractivity contribution in [1.29, 1.82) is 0 Å². The number of amides is 2. The van der Waals surface area contributed by atoms with Gasteiger partial charge in [-0.05, 0) is 51.0 Å². The van der Waals surface area contributed by atoms with E-state index in [1.54, 1.807) is 36.3 Å². The zero-order chi connectivity index (χ0) is 20.7. The van der Waals surface area contributed by atoms with Crippen molar-refractivity contribution >= 4 is 11.8 Å². The molecule has 7 nitrogen and oxygen atoms in total. The molecule has 0 saturated heterocycles. The van der Waals surface area contributed by atoms with Crippen molar-refractivity contribution in [3.05, 3.63) is 47.7 Å². The Hall–Kier alpha value is -2.83. The van der Waals surface area contributed by atoms with Gasteiger partial charge in [-0.15, -0.1) is 0 Å². The average Bonchev–Trinajstić information content (AvgIpc) is 3.19. The number of hydrogen-bond acceptors (Lipinski definition) is 5. The van der Waals surface area contributed by atoms with Crippen molar-refractivity contribution in [2.24, 2.45) is 0 Å². The first-order valence-corrected chi connectivity index (χ1v) is 9.59. The van der Waals surface area contributed by atoms with Crippen molar-refractivity contribution < 1.29 is 18.7 Å². The zero-order valence-corrected chi connectivity index (χ0v) is 17.2. The number of aromatic nitrogens is 1. The first kappa shape index (κ1) is 21.5. The van der Waals surface area contributed by atoms with E-state index in [1.165, 1.54) is 6.26 Å². The number of nitrogens with zero attached hydrogens (tertiary/aromatic N) is 2. The molecule has 2 unspecified atom stereocenters. The normalized spacial score (nSPS) is 12.9. The van der Waals surface area contributed by atoms with Crippen LogP contribution < -0.4 is 10.1 Å². The number of ether oxygens (including phenoxy) is 1. The largest absolute Gasteiger partial charge is 0.497 e. The van der Waals surface area contributed by atoms with E-state index in [-0.39, 0.29) is 36.1 Å². The predicted octanol–water partition coefficient (Wildman–Crippen LogP) is 3.65. The molecule has 1 aromatic heterocycles. The lowest BCUT2D eigenvalue weighted by atomic mass is 10.1. The molecule has 152 valence electrons. The van der Waals surface area contributed by atoms with Crippen LogP contribution in [0.1, 0.15) is 67.3 Å². The molecule has 0 aliphatic heterocycles. The van der Waals surface area contributed by atoms with Gasteiger partial charge in [0, 0.05) is 17.6 Å². The molecule has 0 aliphatic rings. The van der Waals surface area contributed by atoms with Crippen molar-refractivity contribution in [2.75, 3.05) is 7.11 Å². The predicted molar refractivity (Wildman–Crippen MR) is 106 cm³/mol. The van der Waals surface area contributed by atoms with E-state index in [2.05, 4.69) is 10.3 Å². The Morgan fingerprint density at radius 1 is 1.18 bits per heavy atom. The highest BCUT2D eigenvalue weighted by Crippen LogP contribution is 2.18. The molecule has 0 bridgehead atoms. The van der Waals surface area contributed by atoms with Crippen LogP contribution in [-0.4, -0.2) is 40.9 Å². The summed E-state index contributed by atoms with van der Waals surface area (Å²) in [7, 11) is 1.58. The van der Waals surface area contributed by atoms with Crippen LogP contribution in [0.4, 0.5) is 0 Å². The molecule has 0 radical (unpaired) electrons. The highest BCUT2D eigenvalue weighted by molar-refractivity contribution is 5.94. The van der Waals surface area contributed by atoms with E-state index < -0.39 is 0 Å². The van der Waals surface area contributed by atoms with Gasteiger partial charge in [0.25, 0.3) is 11.8 Å². The smallest absolute Gasteiger partial charge is 0.273 e. The number of benzene rings is 1. The second kappa shape index (κ2) is 9.92. The first-order chi connectivity index (χ1) is 13.4. The Kier molecular flexibility index (Phi) is 7.61. The number of nitrogens with one attached hydrogen (secondary N) is 1. The second-order valence-electron chi connectivity index (χ2n) is 6.83. The first-order valence-electron chi connectivity index (χ1n) is 9.59. The monoisotopic (exact) mass is 387 g/mol. The maximum Gasteiger partial charge on any atom is 0.273 e. The highest BCUT2D eigenvalue weighted by Gasteiger charge is 2.24. The maximum atomic E-state index is 13.0. The van der Waals surface area contributed by atoms with Gasteiger partial charge < -0.3 is 19.4 Å². The van der Waals surface area contributed by atoms with Gasteiger partial charge in [-0.3, -0.25) is 9.59 Å². The molecule has 0 saturated carbocycles. The Morgan fingerprint density at radius 2 is 1.86 bits per heavy atom. The highest BCUT2D eigenvalue weighted by atomic mass is 16.5. The molecule has 2 amide bonds. The summed E-state index contributed by atoms with van der Waals surface area (Å²) in [6.45, 7) is 8.10. The second-order valence-corrected chi connectivity index (χ2v) is 6.83. The number of oxazole rings is 1. The van der Waals surface area contributed by atoms with Crippen LogP contribution in [0, 0.1) is 0 Å². The fourth-order valence-electron chi connectivity index (χ4n) is 2.58. The van der Waals surface area contributed by atoms with Gasteiger partial charge in [0.2, 0.25) is 5.89 Å². The van der Waals surface area contributed by atoms with Crippen molar-refractivity contribution in [1.82, 2.24) is 15.2 Å². The molecule has 1 N–H and O–H groups in total. The van der Waals surface area contributed by atoms with Gasteiger partial charge in [0.1, 0.15) is 12.0 Å². The van der Waals surface area contributed by atoms with E-state index in [0.717, 1.165) is 12.8 Å². The van der Waals surface area contributed by atoms with Gasteiger partial charge in [-0.1, -0.05) is 13.8 Å². The van der Waals surface area contributed by atoms with E-state index in [0.29, 0.717) is 17.2 Å². The molecular weight excluding hydrogens is 358 g/mol. The van der Waals surface area contributed by atoms with Crippen LogP contribution in [0.5, 0.6) is 5.75 Å². The molecular formula is C21H29N3O4. The summed E-state index contributed by atoms with van der Waals surface area (Å²) in [5.74, 6) is 0.620. The lowest BCUT2D eigenvalue weighted by molar-refractivity contribution is 0.0652. The summed E-state index contributed by atoms with van der Waals surface area (Å²) in [6, 6.07) is 7.02. The maximum absolute atomic E-state index is 13.0. The summed E-state index contributed by atoms with van der Waals surface area (Å²) < 4.78 is 10.6. The van der Waals surface area contributed by atoms with Crippen LogP contribution in [0.25, 0.3) is 0 Å². The van der Waals surface area contributed by atoms with E-state index in [9.17, 15) is 9.59 Å². The molecule has 0 aliphatic carbocycles. The SMILES string of the molecule is CCC(C)NC(=O)c1coc(CN(C(=O)c2ccc(OC)cc2)C(C)CC)n1. The van der Waals surface area contributed by atoms with Crippen LogP contribution >= 0.6 is 0 Å². The van der Waals surface area contributed by atoms with E-state index >= 15 is 0 Å². The Labute approximate surface area is 166 Å². The number of rotatable bonds is 9. The van der Waals surface area contributed by atoms with Crippen molar-refractivity contribution in [3.63, 3.8) is 0 Å². The summed E-state index contributed by atoms with van der Waals surface area (Å²) in [5, 5.41) is 2.85. The van der Waals surface area contributed by atoms with Crippen LogP contribution in [0.3, 0.4) is 0 Å². The Morgan fingerprint density at radius 3 is 2.43 bits per heavy atom. The Bertz CT molecular complexity index is 785. The summed E-state index contributed by atoms with van der Waals surface area (Å²) in [6.07, 6.45) is 2.94. The fourth-order valence-corrected chi connectivity index (χ4v) is 2.58. The third kappa shape index (κ3) is 5.34. The zero-order valence-electron chi connectivity index (χ0n) is 17.2. The van der Waals surface area contributed by atoms with Crippen molar-refractivity contribution in [2.45, 2.75) is 59.2 Å². The van der Waals surface area contributed by atoms with Gasteiger partial charge in [-0.2, -0.15) is 0 Å². The lowest BCUT2D eigenvalue weighted by Gasteiger charge is -2.27. The van der Waals surface area contributed by atoms with Gasteiger partial charge in [0.05, 0.1) is 13.7 Å². The van der Waals surface area contributed by atoms with Gasteiger partial charge >= 0.3 is 0 Å². The molecule has 2 atom stereocenters. The van der Waals surface area contributed by atoms with E-state index in [4.69, 9.17) is 9.15 Å². The summed E-state index contributed by atoms with van der Waals surface area (Å²) in [4.78, 5) is 31.2. The Balaban J connectivity index is 2.16. The minimum atomic E-state index is -0.277. The number of hydrogen-bond donors (Lipinski definition) is 1. The molecule has 1 heterocycles. The fraction of sp³-hybridized carbons (Fsp3) is 0.476. The van der Waals surface area contributed by atoms with Crippen molar-refractivity contribution in [3.8, 4) is 5.75 Å². The number of methoxy groups -OCH3 is 1. The quantitative estimate of drug-likeness (QED) is 0.710. The van der Waals surface area contributed by atoms with Crippen LogP contribution in [0.15, 0.2) is 34.9 Å². The minimum Gasteiger partial charge on any atom is -0.497 e. The molecule has 2 aromatic rings. The molecule has 0 fully saturated rings. The summed E-state index contributed by atoms with van der Waals surface area (Å²) in [5.41, 5.74) is 0.777. The van der Waals surface area contributed by atoms with Gasteiger partial charge in [0.15, 0.2) is 5.69 Å². The average molecular weight is 387 g/mol. The molecule has 7 heteroatoms. The lowest BCUT2D eigenvalue weighted by Crippen LogP contribution is -2.38. The third-order valence-electron chi connectivity index (χ3n) is 4.80. The van der Waals surface area contributed by atoms with Crippen LogP contribution in [-0.2, 0) is 6.54 Å². The minimum absolute atomic E-state index is 0.0149. The molecule has 0 spiro atoms. The molecule has 2 rings (SSSR count). The van der Waals surface area contributed by atoms with Gasteiger partial charge in [-0.25, -0.2) is 4.98 Å². The molecule has 1 aromatic carbocycles. The van der Waals surface area contributed by atoms with E-state index in [1.807, 2.05) is 27.7 Å².